The lowest BCUT2D eigenvalue weighted by molar-refractivity contribution is -0.117. The van der Waals surface area contributed by atoms with Crippen molar-refractivity contribution in [2.24, 2.45) is 0 Å². The topological polar surface area (TPSA) is 63.7 Å². The highest BCUT2D eigenvalue weighted by atomic mass is 16.6. The number of hydrogen-bond acceptors (Lipinski definition) is 5. The lowest BCUT2D eigenvalue weighted by atomic mass is 10.1. The zero-order valence-corrected chi connectivity index (χ0v) is 14.9. The summed E-state index contributed by atoms with van der Waals surface area (Å²) in [7, 11) is 0. The number of carbonyl (C=O) groups excluding carboxylic acids is 1. The number of pyridine rings is 1. The van der Waals surface area contributed by atoms with Crippen molar-refractivity contribution in [1.29, 1.82) is 0 Å². The number of rotatable bonds is 4. The van der Waals surface area contributed by atoms with Crippen LogP contribution < -0.4 is 14.8 Å². The summed E-state index contributed by atoms with van der Waals surface area (Å²) < 4.78 is 11.1. The minimum absolute atomic E-state index is 0.0266. The van der Waals surface area contributed by atoms with Gasteiger partial charge in [-0.25, -0.2) is 0 Å². The molecule has 1 atom stereocenters. The van der Waals surface area contributed by atoms with Gasteiger partial charge in [0.25, 0.3) is 0 Å². The van der Waals surface area contributed by atoms with Gasteiger partial charge in [-0.15, -0.1) is 0 Å². The smallest absolute Gasteiger partial charge is 0.238 e. The molecule has 136 valence electrons. The van der Waals surface area contributed by atoms with E-state index < -0.39 is 0 Å². The third kappa shape index (κ3) is 3.65. The number of carbonyl (C=O) groups is 1. The van der Waals surface area contributed by atoms with E-state index in [1.165, 1.54) is 0 Å². The molecule has 0 aliphatic carbocycles. The Morgan fingerprint density at radius 2 is 2.08 bits per heavy atom. The number of nitrogens with one attached hydrogen (secondary N) is 1. The third-order valence-electron chi connectivity index (χ3n) is 4.79. The summed E-state index contributed by atoms with van der Waals surface area (Å²) in [4.78, 5) is 19.4. The molecule has 0 spiro atoms. The summed E-state index contributed by atoms with van der Waals surface area (Å²) in [5.74, 6) is 1.37. The molecule has 1 unspecified atom stereocenters. The largest absolute Gasteiger partial charge is 0.486 e. The second kappa shape index (κ2) is 7.33. The van der Waals surface area contributed by atoms with E-state index in [1.807, 2.05) is 37.3 Å². The van der Waals surface area contributed by atoms with Crippen molar-refractivity contribution in [2.45, 2.75) is 25.8 Å². The maximum absolute atomic E-state index is 12.5. The van der Waals surface area contributed by atoms with Gasteiger partial charge in [-0.2, -0.15) is 0 Å². The van der Waals surface area contributed by atoms with Crippen LogP contribution in [0.4, 0.5) is 5.69 Å². The highest BCUT2D eigenvalue weighted by molar-refractivity contribution is 5.92. The van der Waals surface area contributed by atoms with E-state index >= 15 is 0 Å². The molecule has 1 fully saturated rings. The number of nitrogens with zero attached hydrogens (tertiary/aromatic N) is 2. The zero-order valence-electron chi connectivity index (χ0n) is 14.9. The molecule has 6 nitrogen and oxygen atoms in total. The van der Waals surface area contributed by atoms with Crippen molar-refractivity contribution in [1.82, 2.24) is 9.88 Å². The Balaban J connectivity index is 1.41. The standard InChI is InChI=1S/C20H23N3O3/c1-14-4-2-5-16(21-14)17-6-3-9-23(17)13-20(24)22-15-7-8-18-19(12-15)26-11-10-25-18/h2,4-5,7-8,12,17H,3,6,9-11,13H2,1H3,(H,22,24). The Kier molecular flexibility index (Phi) is 4.75. The van der Waals surface area contributed by atoms with Gasteiger partial charge in [-0.1, -0.05) is 6.07 Å². The van der Waals surface area contributed by atoms with Gasteiger partial charge >= 0.3 is 0 Å². The molecule has 1 N–H and O–H groups in total. The van der Waals surface area contributed by atoms with Crippen LogP contribution in [0, 0.1) is 6.92 Å². The summed E-state index contributed by atoms with van der Waals surface area (Å²) >= 11 is 0. The molecule has 4 rings (SSSR count). The van der Waals surface area contributed by atoms with E-state index in [9.17, 15) is 4.79 Å². The molecular weight excluding hydrogens is 330 g/mol. The second-order valence-corrected chi connectivity index (χ2v) is 6.74. The van der Waals surface area contributed by atoms with Gasteiger partial charge in [-0.3, -0.25) is 14.7 Å². The first-order chi connectivity index (χ1) is 12.7. The number of ether oxygens (including phenoxy) is 2. The van der Waals surface area contributed by atoms with E-state index in [2.05, 4.69) is 21.3 Å². The van der Waals surface area contributed by atoms with Crippen molar-refractivity contribution >= 4 is 11.6 Å². The van der Waals surface area contributed by atoms with Crippen LogP contribution in [0.25, 0.3) is 0 Å². The van der Waals surface area contributed by atoms with Crippen molar-refractivity contribution in [2.75, 3.05) is 31.6 Å². The molecule has 0 radical (unpaired) electrons. The Morgan fingerprint density at radius 3 is 2.92 bits per heavy atom. The number of aromatic nitrogens is 1. The fourth-order valence-corrected chi connectivity index (χ4v) is 3.61. The van der Waals surface area contributed by atoms with Crippen LogP contribution in [-0.4, -0.2) is 42.1 Å². The molecule has 2 aliphatic heterocycles. The number of aryl methyl sites for hydroxylation is 1. The van der Waals surface area contributed by atoms with Crippen LogP contribution in [0.3, 0.4) is 0 Å². The molecule has 1 aromatic carbocycles. The zero-order chi connectivity index (χ0) is 17.9. The monoisotopic (exact) mass is 353 g/mol. The number of anilines is 1. The molecule has 0 saturated carbocycles. The highest BCUT2D eigenvalue weighted by Crippen LogP contribution is 2.33. The minimum atomic E-state index is -0.0266. The average molecular weight is 353 g/mol. The first-order valence-corrected chi connectivity index (χ1v) is 9.06. The second-order valence-electron chi connectivity index (χ2n) is 6.74. The number of benzene rings is 1. The number of fused-ring (bicyclic) bond motifs is 1. The lowest BCUT2D eigenvalue weighted by Crippen LogP contribution is -2.33. The maximum atomic E-state index is 12.5. The number of hydrogen-bond donors (Lipinski definition) is 1. The molecule has 1 aromatic heterocycles. The number of likely N-dealkylation sites (tertiary alicyclic amines) is 1. The molecule has 2 aliphatic rings. The normalized spacial score (nSPS) is 19.3. The van der Waals surface area contributed by atoms with Crippen LogP contribution >= 0.6 is 0 Å². The fourth-order valence-electron chi connectivity index (χ4n) is 3.61. The van der Waals surface area contributed by atoms with Gasteiger partial charge in [0.15, 0.2) is 11.5 Å². The van der Waals surface area contributed by atoms with Crippen LogP contribution in [0.15, 0.2) is 36.4 Å². The maximum Gasteiger partial charge on any atom is 0.238 e. The predicted molar refractivity (Wildman–Crippen MR) is 98.6 cm³/mol. The van der Waals surface area contributed by atoms with Gasteiger partial charge < -0.3 is 14.8 Å². The summed E-state index contributed by atoms with van der Waals surface area (Å²) in [6.45, 7) is 4.35. The molecular formula is C20H23N3O3. The molecule has 1 amide bonds. The Bertz CT molecular complexity index is 809. The molecule has 6 heteroatoms. The average Bonchev–Trinajstić information content (AvgIpc) is 3.09. The lowest BCUT2D eigenvalue weighted by Gasteiger charge is -2.24. The SMILES string of the molecule is Cc1cccc(C2CCCN2CC(=O)Nc2ccc3c(c2)OCCO3)n1. The van der Waals surface area contributed by atoms with Gasteiger partial charge in [0.1, 0.15) is 13.2 Å². The first-order valence-electron chi connectivity index (χ1n) is 9.06. The van der Waals surface area contributed by atoms with Crippen LogP contribution in [0.5, 0.6) is 11.5 Å². The quantitative estimate of drug-likeness (QED) is 0.916. The van der Waals surface area contributed by atoms with E-state index in [4.69, 9.17) is 9.47 Å². The Labute approximate surface area is 153 Å². The third-order valence-corrected chi connectivity index (χ3v) is 4.79. The molecule has 0 bridgehead atoms. The minimum Gasteiger partial charge on any atom is -0.486 e. The Morgan fingerprint density at radius 1 is 1.23 bits per heavy atom. The van der Waals surface area contributed by atoms with E-state index in [-0.39, 0.29) is 11.9 Å². The first kappa shape index (κ1) is 16.8. The summed E-state index contributed by atoms with van der Waals surface area (Å²) in [6.07, 6.45) is 2.12. The van der Waals surface area contributed by atoms with Crippen LogP contribution in [-0.2, 0) is 4.79 Å². The summed E-state index contributed by atoms with van der Waals surface area (Å²) in [5, 5.41) is 2.97. The van der Waals surface area contributed by atoms with Crippen molar-refractivity contribution < 1.29 is 14.3 Å². The van der Waals surface area contributed by atoms with Crippen molar-refractivity contribution in [3.8, 4) is 11.5 Å². The highest BCUT2D eigenvalue weighted by Gasteiger charge is 2.28. The molecule has 3 heterocycles. The van der Waals surface area contributed by atoms with Crippen molar-refractivity contribution in [3.05, 3.63) is 47.8 Å². The molecule has 26 heavy (non-hydrogen) atoms. The fraction of sp³-hybridized carbons (Fsp3) is 0.400. The van der Waals surface area contributed by atoms with E-state index in [1.54, 1.807) is 0 Å². The number of amides is 1. The van der Waals surface area contributed by atoms with Gasteiger partial charge in [0.05, 0.1) is 18.3 Å². The van der Waals surface area contributed by atoms with Gasteiger partial charge in [0.2, 0.25) is 5.91 Å². The summed E-state index contributed by atoms with van der Waals surface area (Å²) in [6, 6.07) is 11.8. The van der Waals surface area contributed by atoms with Crippen LogP contribution in [0.1, 0.15) is 30.3 Å². The van der Waals surface area contributed by atoms with E-state index in [0.717, 1.165) is 42.2 Å². The van der Waals surface area contributed by atoms with Crippen LogP contribution in [0.2, 0.25) is 0 Å². The van der Waals surface area contributed by atoms with Gasteiger partial charge in [0, 0.05) is 17.4 Å². The Hall–Kier alpha value is -2.60. The predicted octanol–water partition coefficient (Wildman–Crippen LogP) is 2.94. The summed E-state index contributed by atoms with van der Waals surface area (Å²) in [5.41, 5.74) is 2.79. The molecule has 1 saturated heterocycles. The van der Waals surface area contributed by atoms with E-state index in [0.29, 0.717) is 25.5 Å². The van der Waals surface area contributed by atoms with Crippen molar-refractivity contribution in [3.63, 3.8) is 0 Å². The van der Waals surface area contributed by atoms with Gasteiger partial charge in [-0.05, 0) is 50.6 Å². The molecule has 2 aromatic rings.